The number of carbonyl (C=O) groups is 4. The van der Waals surface area contributed by atoms with Gasteiger partial charge in [-0.15, -0.1) is 0 Å². The minimum atomic E-state index is -2.28. The number of amides is 1. The number of rotatable bonds is 8. The molecule has 3 saturated carbocycles. The summed E-state index contributed by atoms with van der Waals surface area (Å²) in [6.07, 6.45) is -4.78. The van der Waals surface area contributed by atoms with E-state index in [2.05, 4.69) is 5.32 Å². The molecule has 16 heteroatoms. The summed E-state index contributed by atoms with van der Waals surface area (Å²) in [6, 6.07) is 9.89. The summed E-state index contributed by atoms with van der Waals surface area (Å²) in [5, 5.41) is 63.6. The van der Waals surface area contributed by atoms with Crippen LogP contribution in [0.2, 0.25) is 0 Å². The molecule has 1 aromatic carbocycles. The monoisotopic (exact) mass is 1220 g/mol. The quantitative estimate of drug-likeness (QED) is 0.165. The maximum Gasteiger partial charge on any atom is 0.338 e. The van der Waals surface area contributed by atoms with Crippen molar-refractivity contribution in [3.63, 3.8) is 0 Å². The van der Waals surface area contributed by atoms with Crippen molar-refractivity contribution in [3.8, 4) is 0 Å². The molecule has 4 fully saturated rings. The number of furan rings is 1. The van der Waals surface area contributed by atoms with E-state index >= 15 is 0 Å². The molecule has 304 valence electrons. The van der Waals surface area contributed by atoms with Crippen LogP contribution in [-0.2, 0) is 23.8 Å². The summed E-state index contributed by atoms with van der Waals surface area (Å²) >= 11 is 0. The zero-order valence-electron chi connectivity index (χ0n) is 32.6. The molecule has 2 radical (unpaired) electrons. The van der Waals surface area contributed by atoms with E-state index in [9.17, 15) is 44.7 Å². The van der Waals surface area contributed by atoms with Gasteiger partial charge in [-0.2, -0.15) is 0 Å². The second-order valence-corrected chi connectivity index (χ2v) is 16.9. The van der Waals surface area contributed by atoms with Gasteiger partial charge in [0.1, 0.15) is 29.5 Å². The van der Waals surface area contributed by atoms with E-state index in [0.717, 1.165) is 19.3 Å². The number of benzene rings is 1. The predicted molar refractivity (Wildman–Crippen MR) is 192 cm³/mol. The molecule has 5 aliphatic rings. The van der Waals surface area contributed by atoms with Crippen LogP contribution in [0.25, 0.3) is 0 Å². The van der Waals surface area contributed by atoms with E-state index in [0.29, 0.717) is 12.8 Å². The molecule has 2 heterocycles. The molecule has 0 spiro atoms. The number of aliphatic hydroxyl groups is 5. The van der Waals surface area contributed by atoms with E-state index in [1.165, 1.54) is 31.4 Å². The fraction of sp³-hybridized carbons (Fsp3) is 0.610. The molecular weight excluding hydrogens is 1170 g/mol. The first kappa shape index (κ1) is 47.0. The number of ether oxygens (including phenoxy) is 3. The number of carbonyl (C=O) groups excluding carboxylic acids is 4. The number of aliphatic hydroxyl groups excluding tert-OH is 3. The van der Waals surface area contributed by atoms with Gasteiger partial charge in [0.05, 0.1) is 42.1 Å². The van der Waals surface area contributed by atoms with Gasteiger partial charge in [-0.25, -0.2) is 9.59 Å². The van der Waals surface area contributed by atoms with Crippen molar-refractivity contribution in [1.82, 2.24) is 5.32 Å². The van der Waals surface area contributed by atoms with E-state index in [1.54, 1.807) is 45.0 Å². The van der Waals surface area contributed by atoms with Crippen molar-refractivity contribution in [2.24, 2.45) is 22.7 Å². The van der Waals surface area contributed by atoms with E-state index < -0.39 is 101 Å². The number of hydrogen-bond donors (Lipinski definition) is 6. The Kier molecular flexibility index (Phi) is 14.6. The molecule has 4 aliphatic carbocycles. The summed E-state index contributed by atoms with van der Waals surface area (Å²) < 4.78 is 23.1. The number of esters is 2. The van der Waals surface area contributed by atoms with Gasteiger partial charge in [-0.3, -0.25) is 9.59 Å². The molecule has 11 atom stereocenters. The van der Waals surface area contributed by atoms with Gasteiger partial charge in [0, 0.05) is 112 Å². The molecule has 1 aliphatic heterocycles. The van der Waals surface area contributed by atoms with Gasteiger partial charge >= 0.3 is 11.9 Å². The molecule has 1 amide bonds. The molecule has 9 unspecified atom stereocenters. The number of fused-ring (bicyclic) bond motifs is 5. The first-order valence-corrected chi connectivity index (χ1v) is 19.1. The van der Waals surface area contributed by atoms with Crippen LogP contribution in [0, 0.1) is 111 Å². The van der Waals surface area contributed by atoms with Crippen LogP contribution in [-0.4, -0.2) is 110 Å². The van der Waals surface area contributed by atoms with Crippen LogP contribution in [0.5, 0.6) is 0 Å². The van der Waals surface area contributed by atoms with Gasteiger partial charge in [-0.1, -0.05) is 51.3 Å². The smallest absolute Gasteiger partial charge is 0.338 e. The first-order chi connectivity index (χ1) is 26.0. The van der Waals surface area contributed by atoms with Gasteiger partial charge in [0.25, 0.3) is 5.91 Å². The SMILES string of the molecule is CC1=C2C(O)C(=O)[C@]3(C)C(O)CC4OC[C@@]4(O)C3C(OC(=O)c3ccccc3)C(O)(CC1OC(=O)C(O)C(NC(=O)c1ccco1)C1CCCCC1)C2(C)C.[Ac].[Ac]. The molecule has 7 rings (SSSR count). The van der Waals surface area contributed by atoms with Crippen LogP contribution < -0.4 is 5.32 Å². The number of ketones is 1. The summed E-state index contributed by atoms with van der Waals surface area (Å²) in [5.41, 5.74) is -7.37. The van der Waals surface area contributed by atoms with Crippen LogP contribution in [0.1, 0.15) is 93.6 Å². The van der Waals surface area contributed by atoms with E-state index in [4.69, 9.17) is 18.6 Å². The fourth-order valence-electron chi connectivity index (χ4n) is 10.3. The molecule has 6 N–H and O–H groups in total. The van der Waals surface area contributed by atoms with E-state index in [1.807, 2.05) is 0 Å². The average molecular weight is 1220 g/mol. The second kappa shape index (κ2) is 17.7. The maximum absolute atomic E-state index is 14.7. The van der Waals surface area contributed by atoms with Crippen LogP contribution in [0.15, 0.2) is 64.3 Å². The van der Waals surface area contributed by atoms with Crippen molar-refractivity contribution >= 4 is 23.6 Å². The van der Waals surface area contributed by atoms with Gasteiger partial charge in [0.15, 0.2) is 17.6 Å². The summed E-state index contributed by atoms with van der Waals surface area (Å²) in [5.74, 6) is -5.29. The third-order valence-corrected chi connectivity index (χ3v) is 13.7. The van der Waals surface area contributed by atoms with E-state index in [-0.39, 0.29) is 130 Å². The van der Waals surface area contributed by atoms with Crippen LogP contribution in [0.3, 0.4) is 0 Å². The Hall–Kier alpha value is -1.04. The molecule has 14 nitrogen and oxygen atoms in total. The van der Waals surface area contributed by atoms with Crippen molar-refractivity contribution in [2.75, 3.05) is 6.61 Å². The second-order valence-electron chi connectivity index (χ2n) is 16.9. The third-order valence-electron chi connectivity index (χ3n) is 13.7. The summed E-state index contributed by atoms with van der Waals surface area (Å²) in [7, 11) is 0. The number of Topliss-reactive ketones (excluding diaryl/α,β-unsaturated/α-hetero) is 1. The minimum Gasteiger partial charge on any atom is -0.459 e. The molecular formula is C41H51Ac2NO13. The molecule has 1 aromatic heterocycles. The van der Waals surface area contributed by atoms with Crippen LogP contribution >= 0.6 is 0 Å². The van der Waals surface area contributed by atoms with Gasteiger partial charge in [-0.05, 0) is 68.0 Å². The van der Waals surface area contributed by atoms with Gasteiger partial charge < -0.3 is 49.5 Å². The maximum atomic E-state index is 14.7. The zero-order chi connectivity index (χ0) is 39.7. The average Bonchev–Trinajstić information content (AvgIpc) is 3.72. The zero-order valence-corrected chi connectivity index (χ0v) is 42.1. The Balaban J connectivity index is 0.00000310. The Morgan fingerprint density at radius 1 is 0.947 bits per heavy atom. The molecule has 1 saturated heterocycles. The molecule has 2 bridgehead atoms. The van der Waals surface area contributed by atoms with Crippen LogP contribution in [0.4, 0.5) is 0 Å². The molecule has 2 aromatic rings. The summed E-state index contributed by atoms with van der Waals surface area (Å²) in [4.78, 5) is 55.8. The van der Waals surface area contributed by atoms with Crippen molar-refractivity contribution in [2.45, 2.75) is 127 Å². The minimum absolute atomic E-state index is 0. The van der Waals surface area contributed by atoms with Crippen molar-refractivity contribution in [3.05, 3.63) is 71.2 Å². The summed E-state index contributed by atoms with van der Waals surface area (Å²) in [6.45, 7) is 5.78. The Morgan fingerprint density at radius 3 is 2.21 bits per heavy atom. The largest absolute Gasteiger partial charge is 0.459 e. The van der Waals surface area contributed by atoms with Gasteiger partial charge in [0.2, 0.25) is 0 Å². The Labute approximate surface area is 402 Å². The predicted octanol–water partition coefficient (Wildman–Crippen LogP) is 2.39. The number of hydrogen-bond acceptors (Lipinski definition) is 13. The Bertz CT molecular complexity index is 1850. The standard InChI is InChI=1S/C41H51NO13.2Ac/c1-21-25(54-37(49)31(45)29(22-12-7-5-8-13-22)42-35(47)24-16-11-17-52-24)19-41(51)34(55-36(48)23-14-9-6-10-15-23)32-39(4,26(43)18-27-40(32,50)20-53-27)33(46)30(44)28(21)38(41,2)3;;/h6,9-11,14-17,22,25-27,29-32,34,43-45,50-51H,5,7-8,12-13,18-20H2,1-4H3,(H,42,47);;/t25?,26?,27?,29?,30?,31?,32?,34?,39-,40+,41?;;/m1../s1. The Morgan fingerprint density at radius 2 is 1.61 bits per heavy atom. The first-order valence-electron chi connectivity index (χ1n) is 19.1. The van der Waals surface area contributed by atoms with Crippen molar-refractivity contribution in [1.29, 1.82) is 0 Å². The third kappa shape index (κ3) is 7.87. The molecule has 57 heavy (non-hydrogen) atoms. The normalized spacial score (nSPS) is 35.6. The topological polar surface area (TPSA) is 222 Å². The number of nitrogens with one attached hydrogen (secondary N) is 1. The fourth-order valence-corrected chi connectivity index (χ4v) is 10.3. The van der Waals surface area contributed by atoms with Crippen molar-refractivity contribution < 1.29 is 151 Å².